The van der Waals surface area contributed by atoms with Gasteiger partial charge in [-0.05, 0) is 36.5 Å². The number of rotatable bonds is 5. The first-order valence-electron chi connectivity index (χ1n) is 9.79. The van der Waals surface area contributed by atoms with Crippen LogP contribution in [0.2, 0.25) is 0 Å². The van der Waals surface area contributed by atoms with Gasteiger partial charge < -0.3 is 9.42 Å². The molecule has 1 fully saturated rings. The first kappa shape index (κ1) is 17.1. The van der Waals surface area contributed by atoms with Crippen molar-refractivity contribution in [1.82, 2.24) is 15.0 Å². The second kappa shape index (κ2) is 6.86. The lowest BCUT2D eigenvalue weighted by molar-refractivity contribution is -0.119. The normalized spacial score (nSPS) is 18.1. The van der Waals surface area contributed by atoms with Crippen LogP contribution in [0.4, 0.5) is 0 Å². The lowest BCUT2D eigenvalue weighted by Gasteiger charge is -2.27. The molecular weight excluding hydrogens is 354 g/mol. The van der Waals surface area contributed by atoms with E-state index >= 15 is 0 Å². The summed E-state index contributed by atoms with van der Waals surface area (Å²) in [5.41, 5.74) is 5.95. The van der Waals surface area contributed by atoms with Crippen molar-refractivity contribution in [1.29, 1.82) is 0 Å². The Morgan fingerprint density at radius 2 is 2.18 bits per heavy atom. The standard InChI is InChI=1S/C22H21N3O3/c26-21(15-4-5-15)11-17-10-19(18-2-1-3-20(18)24-17)14-6-8-25(9-7-14)22(27)16-12-23-28-13-16/h1-2,6,10,12-13,15H,3-5,7-9,11H2. The Labute approximate surface area is 162 Å². The van der Waals surface area contributed by atoms with Crippen LogP contribution in [0.3, 0.4) is 0 Å². The maximum absolute atomic E-state index is 12.5. The summed E-state index contributed by atoms with van der Waals surface area (Å²) in [5.74, 6) is 0.502. The molecular formula is C22H21N3O3. The van der Waals surface area contributed by atoms with Crippen molar-refractivity contribution in [3.05, 3.63) is 58.8 Å². The van der Waals surface area contributed by atoms with E-state index in [4.69, 9.17) is 9.51 Å². The Bertz CT molecular complexity index is 1000. The zero-order valence-electron chi connectivity index (χ0n) is 15.6. The second-order valence-corrected chi connectivity index (χ2v) is 7.69. The number of nitrogens with zero attached hydrogens (tertiary/aromatic N) is 3. The molecule has 28 heavy (non-hydrogen) atoms. The molecule has 3 heterocycles. The van der Waals surface area contributed by atoms with Crippen molar-refractivity contribution in [2.45, 2.75) is 32.1 Å². The molecule has 6 heteroatoms. The Morgan fingerprint density at radius 1 is 1.29 bits per heavy atom. The molecule has 2 aliphatic carbocycles. The Balaban J connectivity index is 1.39. The molecule has 3 aliphatic rings. The second-order valence-electron chi connectivity index (χ2n) is 7.69. The number of pyridine rings is 1. The van der Waals surface area contributed by atoms with Gasteiger partial charge in [-0.2, -0.15) is 0 Å². The van der Waals surface area contributed by atoms with Crippen LogP contribution in [0.25, 0.3) is 11.6 Å². The molecule has 0 N–H and O–H groups in total. The molecule has 0 atom stereocenters. The van der Waals surface area contributed by atoms with Gasteiger partial charge in [0.2, 0.25) is 0 Å². The van der Waals surface area contributed by atoms with Crippen molar-refractivity contribution in [2.24, 2.45) is 5.92 Å². The summed E-state index contributed by atoms with van der Waals surface area (Å²) >= 11 is 0. The smallest absolute Gasteiger partial charge is 0.259 e. The first-order chi connectivity index (χ1) is 13.7. The number of Topliss-reactive ketones (excluding diaryl/α,β-unsaturated/α-hetero) is 1. The predicted octanol–water partition coefficient (Wildman–Crippen LogP) is 3.09. The van der Waals surface area contributed by atoms with Crippen molar-refractivity contribution in [3.8, 4) is 0 Å². The fraction of sp³-hybridized carbons (Fsp3) is 0.364. The van der Waals surface area contributed by atoms with E-state index in [9.17, 15) is 9.59 Å². The molecule has 0 saturated heterocycles. The van der Waals surface area contributed by atoms with Crippen LogP contribution in [0.1, 0.15) is 52.1 Å². The maximum atomic E-state index is 12.5. The van der Waals surface area contributed by atoms with Gasteiger partial charge in [0.15, 0.2) is 0 Å². The minimum Gasteiger partial charge on any atom is -0.364 e. The Kier molecular flexibility index (Phi) is 4.19. The molecule has 0 aromatic carbocycles. The third-order valence-corrected chi connectivity index (χ3v) is 5.70. The highest BCUT2D eigenvalue weighted by Crippen LogP contribution is 2.34. The molecule has 0 unspecified atom stereocenters. The molecule has 0 bridgehead atoms. The average Bonchev–Trinajstić information content (AvgIpc) is 3.22. The number of allylic oxidation sites excluding steroid dienone is 1. The van der Waals surface area contributed by atoms with Crippen LogP contribution >= 0.6 is 0 Å². The molecule has 2 aromatic heterocycles. The summed E-state index contributed by atoms with van der Waals surface area (Å²) in [7, 11) is 0. The zero-order valence-corrected chi connectivity index (χ0v) is 15.6. The number of hydrogen-bond donors (Lipinski definition) is 0. The Morgan fingerprint density at radius 3 is 2.89 bits per heavy atom. The zero-order chi connectivity index (χ0) is 19.1. The quantitative estimate of drug-likeness (QED) is 0.803. The van der Waals surface area contributed by atoms with Gasteiger partial charge in [-0.1, -0.05) is 23.4 Å². The highest BCUT2D eigenvalue weighted by Gasteiger charge is 2.30. The molecule has 1 saturated carbocycles. The number of hydrogen-bond acceptors (Lipinski definition) is 5. The molecule has 142 valence electrons. The van der Waals surface area contributed by atoms with E-state index in [0.29, 0.717) is 30.9 Å². The summed E-state index contributed by atoms with van der Waals surface area (Å²) in [6.07, 6.45) is 13.3. The van der Waals surface area contributed by atoms with E-state index in [-0.39, 0.29) is 11.8 Å². The van der Waals surface area contributed by atoms with Gasteiger partial charge in [0, 0.05) is 43.1 Å². The van der Waals surface area contributed by atoms with E-state index < -0.39 is 0 Å². The van der Waals surface area contributed by atoms with Crippen LogP contribution in [0.15, 0.2) is 35.2 Å². The van der Waals surface area contributed by atoms with Crippen molar-refractivity contribution in [2.75, 3.05) is 13.1 Å². The topological polar surface area (TPSA) is 76.3 Å². The number of amides is 1. The van der Waals surface area contributed by atoms with Crippen LogP contribution in [0, 0.1) is 5.92 Å². The van der Waals surface area contributed by atoms with E-state index in [0.717, 1.165) is 48.2 Å². The number of carbonyl (C=O) groups is 2. The van der Waals surface area contributed by atoms with Gasteiger partial charge in [-0.3, -0.25) is 14.6 Å². The Hall–Kier alpha value is -3.02. The average molecular weight is 375 g/mol. The van der Waals surface area contributed by atoms with E-state index in [1.54, 1.807) is 4.90 Å². The summed E-state index contributed by atoms with van der Waals surface area (Å²) in [5, 5.41) is 3.61. The summed E-state index contributed by atoms with van der Waals surface area (Å²) in [6.45, 7) is 1.20. The molecule has 6 nitrogen and oxygen atoms in total. The molecule has 0 radical (unpaired) electrons. The fourth-order valence-corrected chi connectivity index (χ4v) is 3.97. The van der Waals surface area contributed by atoms with Crippen molar-refractivity contribution >= 4 is 23.3 Å². The molecule has 5 rings (SSSR count). The van der Waals surface area contributed by atoms with Crippen LogP contribution in [-0.4, -0.2) is 39.8 Å². The van der Waals surface area contributed by atoms with Crippen molar-refractivity contribution < 1.29 is 14.1 Å². The number of aromatic nitrogens is 2. The third kappa shape index (κ3) is 3.19. The third-order valence-electron chi connectivity index (χ3n) is 5.70. The van der Waals surface area contributed by atoms with Crippen molar-refractivity contribution in [3.63, 3.8) is 0 Å². The van der Waals surface area contributed by atoms with Gasteiger partial charge in [0.25, 0.3) is 5.91 Å². The fourth-order valence-electron chi connectivity index (χ4n) is 3.97. The number of ketones is 1. The number of carbonyl (C=O) groups excluding carboxylic acids is 2. The molecule has 2 aromatic rings. The van der Waals surface area contributed by atoms with Crippen LogP contribution < -0.4 is 0 Å². The lowest BCUT2D eigenvalue weighted by Crippen LogP contribution is -2.34. The molecule has 0 spiro atoms. The summed E-state index contributed by atoms with van der Waals surface area (Å²) in [4.78, 5) is 31.3. The molecule has 1 aliphatic heterocycles. The number of fused-ring (bicyclic) bond motifs is 1. The lowest BCUT2D eigenvalue weighted by atomic mass is 9.93. The predicted molar refractivity (Wildman–Crippen MR) is 103 cm³/mol. The first-order valence-corrected chi connectivity index (χ1v) is 9.79. The van der Waals surface area contributed by atoms with Crippen LogP contribution in [0.5, 0.6) is 0 Å². The largest absolute Gasteiger partial charge is 0.364 e. The van der Waals surface area contributed by atoms with Gasteiger partial charge in [0.1, 0.15) is 12.0 Å². The SMILES string of the molecule is O=C(Cc1cc(C2=CCN(C(=O)c3cnoc3)CC2)c2c(n1)CC=C2)C1CC1. The van der Waals surface area contributed by atoms with E-state index in [1.165, 1.54) is 18.0 Å². The minimum absolute atomic E-state index is 0.0628. The monoisotopic (exact) mass is 375 g/mol. The van der Waals surface area contributed by atoms with Crippen LogP contribution in [-0.2, 0) is 17.6 Å². The minimum atomic E-state index is -0.0628. The maximum Gasteiger partial charge on any atom is 0.259 e. The van der Waals surface area contributed by atoms with Gasteiger partial charge in [0.05, 0.1) is 17.5 Å². The van der Waals surface area contributed by atoms with E-state index in [2.05, 4.69) is 29.5 Å². The van der Waals surface area contributed by atoms with Gasteiger partial charge in [-0.25, -0.2) is 0 Å². The van der Waals surface area contributed by atoms with E-state index in [1.807, 2.05) is 0 Å². The molecule has 1 amide bonds. The summed E-state index contributed by atoms with van der Waals surface area (Å²) < 4.78 is 4.78. The highest BCUT2D eigenvalue weighted by molar-refractivity contribution is 5.94. The summed E-state index contributed by atoms with van der Waals surface area (Å²) in [6, 6.07) is 2.08. The highest BCUT2D eigenvalue weighted by atomic mass is 16.5. The van der Waals surface area contributed by atoms with Gasteiger partial charge >= 0.3 is 0 Å². The van der Waals surface area contributed by atoms with Gasteiger partial charge in [-0.15, -0.1) is 0 Å².